The highest BCUT2D eigenvalue weighted by Gasteiger charge is 2.74. The smallest absolute Gasteiger partial charge is 0.274 e. The third-order valence-electron chi connectivity index (χ3n) is 7.01. The molecule has 1 heterocycles. The molecular formula is C24H14Cl2N2O4. The van der Waals surface area contributed by atoms with E-state index in [4.69, 9.17) is 23.2 Å². The highest BCUT2D eigenvalue weighted by Crippen LogP contribution is 2.64. The Hall–Kier alpha value is -3.22. The summed E-state index contributed by atoms with van der Waals surface area (Å²) in [4.78, 5) is 41.1. The predicted octanol–water partition coefficient (Wildman–Crippen LogP) is 4.78. The van der Waals surface area contributed by atoms with Crippen molar-refractivity contribution in [3.63, 3.8) is 0 Å². The van der Waals surface area contributed by atoms with Gasteiger partial charge in [-0.05, 0) is 29.3 Å². The van der Waals surface area contributed by atoms with Crippen LogP contribution in [0, 0.1) is 22.0 Å². The van der Waals surface area contributed by atoms with Crippen molar-refractivity contribution in [3.8, 4) is 0 Å². The number of imide groups is 1. The van der Waals surface area contributed by atoms with Crippen LogP contribution in [0.5, 0.6) is 0 Å². The zero-order valence-electron chi connectivity index (χ0n) is 16.4. The van der Waals surface area contributed by atoms with E-state index in [9.17, 15) is 19.7 Å². The fraction of sp³-hybridized carbons (Fsp3) is 0.167. The van der Waals surface area contributed by atoms with Crippen molar-refractivity contribution >= 4 is 40.7 Å². The SMILES string of the molecule is O=C1[C@@H]2C3c4ccccc4C([N+](=O)[O-])(c4ccccc43)[C@H]2C(=O)N1c1cc(Cl)ccc1Cl. The number of nitro groups is 1. The molecule has 8 heteroatoms. The largest absolute Gasteiger partial charge is 0.285 e. The van der Waals surface area contributed by atoms with Gasteiger partial charge in [0.15, 0.2) is 0 Å². The Kier molecular flexibility index (Phi) is 3.89. The first-order valence-corrected chi connectivity index (χ1v) is 10.8. The summed E-state index contributed by atoms with van der Waals surface area (Å²) < 4.78 is 0. The molecule has 1 fully saturated rings. The van der Waals surface area contributed by atoms with Crippen molar-refractivity contribution in [3.05, 3.63) is 109 Å². The molecule has 0 unspecified atom stereocenters. The molecule has 158 valence electrons. The molecule has 2 amide bonds. The van der Waals surface area contributed by atoms with Crippen molar-refractivity contribution in [1.82, 2.24) is 0 Å². The molecule has 0 aromatic heterocycles. The number of nitrogens with zero attached hydrogens (tertiary/aromatic N) is 2. The molecule has 1 aliphatic heterocycles. The zero-order valence-corrected chi connectivity index (χ0v) is 17.9. The maximum Gasteiger partial charge on any atom is 0.285 e. The number of halogens is 2. The molecule has 6 nitrogen and oxygen atoms in total. The van der Waals surface area contributed by atoms with E-state index in [2.05, 4.69) is 0 Å². The lowest BCUT2D eigenvalue weighted by atomic mass is 9.51. The van der Waals surface area contributed by atoms with E-state index in [0.717, 1.165) is 4.90 Å². The van der Waals surface area contributed by atoms with Crippen LogP contribution in [0.2, 0.25) is 10.0 Å². The lowest BCUT2D eigenvalue weighted by molar-refractivity contribution is -0.578. The second-order valence-electron chi connectivity index (χ2n) is 8.29. The maximum absolute atomic E-state index is 13.8. The van der Waals surface area contributed by atoms with Gasteiger partial charge in [-0.3, -0.25) is 19.7 Å². The number of anilines is 1. The lowest BCUT2D eigenvalue weighted by Crippen LogP contribution is -2.57. The van der Waals surface area contributed by atoms with Crippen LogP contribution in [-0.4, -0.2) is 16.7 Å². The molecule has 0 saturated carbocycles. The molecule has 3 aromatic carbocycles. The number of hydrogen-bond acceptors (Lipinski definition) is 4. The van der Waals surface area contributed by atoms with E-state index < -0.39 is 40.0 Å². The van der Waals surface area contributed by atoms with Crippen molar-refractivity contribution in [1.29, 1.82) is 0 Å². The summed E-state index contributed by atoms with van der Waals surface area (Å²) in [6.45, 7) is 0. The Bertz CT molecular complexity index is 1320. The van der Waals surface area contributed by atoms with Gasteiger partial charge in [-0.25, -0.2) is 4.90 Å². The molecule has 3 aliphatic carbocycles. The number of hydrogen-bond donors (Lipinski definition) is 0. The van der Waals surface area contributed by atoms with Gasteiger partial charge in [0.2, 0.25) is 11.8 Å². The molecule has 2 atom stereocenters. The van der Waals surface area contributed by atoms with Crippen molar-refractivity contribution in [2.45, 2.75) is 11.5 Å². The summed E-state index contributed by atoms with van der Waals surface area (Å²) in [5, 5.41) is 13.4. The van der Waals surface area contributed by atoms with Gasteiger partial charge in [-0.2, -0.15) is 0 Å². The van der Waals surface area contributed by atoms with Gasteiger partial charge < -0.3 is 0 Å². The Morgan fingerprint density at radius 1 is 0.875 bits per heavy atom. The Balaban J connectivity index is 1.68. The third kappa shape index (κ3) is 2.11. The zero-order chi connectivity index (χ0) is 22.4. The monoisotopic (exact) mass is 464 g/mol. The van der Waals surface area contributed by atoms with E-state index in [1.807, 2.05) is 12.1 Å². The van der Waals surface area contributed by atoms with Gasteiger partial charge in [0, 0.05) is 27.0 Å². The highest BCUT2D eigenvalue weighted by molar-refractivity contribution is 6.38. The second kappa shape index (κ2) is 6.40. The van der Waals surface area contributed by atoms with Crippen LogP contribution >= 0.6 is 23.2 Å². The molecule has 0 N–H and O–H groups in total. The Morgan fingerprint density at radius 3 is 2.06 bits per heavy atom. The number of carbonyl (C=O) groups excluding carboxylic acids is 2. The van der Waals surface area contributed by atoms with Gasteiger partial charge in [-0.1, -0.05) is 71.7 Å². The summed E-state index contributed by atoms with van der Waals surface area (Å²) in [6, 6.07) is 18.6. The minimum absolute atomic E-state index is 0.148. The summed E-state index contributed by atoms with van der Waals surface area (Å²) in [5.74, 6) is -3.68. The molecule has 0 radical (unpaired) electrons. The van der Waals surface area contributed by atoms with E-state index >= 15 is 0 Å². The molecule has 3 aromatic rings. The lowest BCUT2D eigenvalue weighted by Gasteiger charge is -2.48. The summed E-state index contributed by atoms with van der Waals surface area (Å²) >= 11 is 12.5. The number of rotatable bonds is 2. The second-order valence-corrected chi connectivity index (χ2v) is 9.13. The van der Waals surface area contributed by atoms with Crippen LogP contribution in [0.1, 0.15) is 28.2 Å². The average molecular weight is 465 g/mol. The Labute approximate surface area is 192 Å². The highest BCUT2D eigenvalue weighted by atomic mass is 35.5. The molecular weight excluding hydrogens is 451 g/mol. The minimum Gasteiger partial charge on any atom is -0.274 e. The van der Waals surface area contributed by atoms with Gasteiger partial charge in [-0.15, -0.1) is 0 Å². The fourth-order valence-corrected chi connectivity index (χ4v) is 6.30. The van der Waals surface area contributed by atoms with Gasteiger partial charge in [0.05, 0.1) is 16.6 Å². The fourth-order valence-electron chi connectivity index (χ4n) is 5.94. The molecule has 0 spiro atoms. The quantitative estimate of drug-likeness (QED) is 0.310. The first-order chi connectivity index (χ1) is 15.4. The standard InChI is InChI=1S/C24H14Cl2N2O4/c25-12-9-10-17(26)18(11-12)27-22(29)20-19-13-5-1-3-7-15(13)24(28(31)32,21(20)23(27)30)16-8-4-2-6-14(16)19/h1-11,19-21H/t19?,20-,21-,24?/m1/s1. The molecule has 7 rings (SSSR count). The first-order valence-electron chi connectivity index (χ1n) is 10.0. The van der Waals surface area contributed by atoms with Crippen molar-refractivity contribution in [2.75, 3.05) is 4.90 Å². The molecule has 32 heavy (non-hydrogen) atoms. The van der Waals surface area contributed by atoms with Crippen LogP contribution in [-0.2, 0) is 15.1 Å². The maximum atomic E-state index is 13.8. The van der Waals surface area contributed by atoms with Crippen LogP contribution in [0.25, 0.3) is 0 Å². The van der Waals surface area contributed by atoms with E-state index in [1.54, 1.807) is 42.5 Å². The van der Waals surface area contributed by atoms with Crippen LogP contribution in [0.4, 0.5) is 5.69 Å². The summed E-state index contributed by atoms with van der Waals surface area (Å²) in [6.07, 6.45) is 0. The topological polar surface area (TPSA) is 80.5 Å². The summed E-state index contributed by atoms with van der Waals surface area (Å²) in [7, 11) is 0. The average Bonchev–Trinajstić information content (AvgIpc) is 3.06. The van der Waals surface area contributed by atoms with E-state index in [-0.39, 0.29) is 10.7 Å². The van der Waals surface area contributed by atoms with E-state index in [0.29, 0.717) is 27.3 Å². The third-order valence-corrected chi connectivity index (χ3v) is 7.57. The van der Waals surface area contributed by atoms with Crippen molar-refractivity contribution < 1.29 is 14.5 Å². The minimum atomic E-state index is -1.86. The number of carbonyl (C=O) groups is 2. The van der Waals surface area contributed by atoms with Gasteiger partial charge >= 0.3 is 0 Å². The molecule has 4 aliphatic rings. The van der Waals surface area contributed by atoms with E-state index in [1.165, 1.54) is 12.1 Å². The van der Waals surface area contributed by atoms with Crippen LogP contribution in [0.15, 0.2) is 66.7 Å². The number of amides is 2. The summed E-state index contributed by atoms with van der Waals surface area (Å²) in [5.41, 5.74) is 0.646. The molecule has 2 bridgehead atoms. The predicted molar refractivity (Wildman–Crippen MR) is 118 cm³/mol. The van der Waals surface area contributed by atoms with Gasteiger partial charge in [0.25, 0.3) is 5.54 Å². The van der Waals surface area contributed by atoms with Gasteiger partial charge in [0.1, 0.15) is 5.92 Å². The first kappa shape index (κ1) is 19.5. The van der Waals surface area contributed by atoms with Crippen LogP contribution < -0.4 is 4.90 Å². The van der Waals surface area contributed by atoms with Crippen molar-refractivity contribution in [2.24, 2.45) is 11.8 Å². The molecule has 1 saturated heterocycles. The Morgan fingerprint density at radius 2 is 1.47 bits per heavy atom. The number of benzene rings is 3. The van der Waals surface area contributed by atoms with Crippen LogP contribution in [0.3, 0.4) is 0 Å². The normalized spacial score (nSPS) is 27.2.